The third-order valence-electron chi connectivity index (χ3n) is 3.47. The van der Waals surface area contributed by atoms with Crippen LogP contribution in [-0.2, 0) is 11.3 Å². The lowest BCUT2D eigenvalue weighted by molar-refractivity contribution is -0.122. The molecule has 1 saturated heterocycles. The Morgan fingerprint density at radius 1 is 1.45 bits per heavy atom. The fourth-order valence-electron chi connectivity index (χ4n) is 2.29. The number of nitrogens with zero attached hydrogens (tertiary/aromatic N) is 1. The predicted octanol–water partition coefficient (Wildman–Crippen LogP) is 1.40. The van der Waals surface area contributed by atoms with Gasteiger partial charge in [-0.1, -0.05) is 12.1 Å². The Morgan fingerprint density at radius 3 is 2.80 bits per heavy atom. The second kappa shape index (κ2) is 6.65. The highest BCUT2D eigenvalue weighted by Crippen LogP contribution is 2.16. The maximum absolute atomic E-state index is 12.8. The standard InChI is InChI=1S/C14H18FN3OS/c15-12-5-3-10(4-6-12)8-17-14(20)18-7-1-2-11(9-18)13(16)19/h3-6,11H,1-2,7-9H2,(H2,16,19)(H,17,20)/t11-/m1/s1. The molecule has 1 heterocycles. The van der Waals surface area contributed by atoms with E-state index in [-0.39, 0.29) is 17.6 Å². The Kier molecular flexibility index (Phi) is 4.89. The summed E-state index contributed by atoms with van der Waals surface area (Å²) in [4.78, 5) is 13.2. The monoisotopic (exact) mass is 295 g/mol. The van der Waals surface area contributed by atoms with Crippen LogP contribution in [0.2, 0.25) is 0 Å². The molecule has 108 valence electrons. The fraction of sp³-hybridized carbons (Fsp3) is 0.429. The maximum atomic E-state index is 12.8. The second-order valence-corrected chi connectivity index (χ2v) is 5.36. The molecule has 20 heavy (non-hydrogen) atoms. The van der Waals surface area contributed by atoms with Crippen LogP contribution in [-0.4, -0.2) is 29.0 Å². The molecule has 1 aromatic rings. The van der Waals surface area contributed by atoms with Gasteiger partial charge in [0, 0.05) is 19.6 Å². The van der Waals surface area contributed by atoms with Gasteiger partial charge in [0.1, 0.15) is 5.82 Å². The van der Waals surface area contributed by atoms with Gasteiger partial charge in [0.2, 0.25) is 5.91 Å². The van der Waals surface area contributed by atoms with E-state index in [4.69, 9.17) is 18.0 Å². The highest BCUT2D eigenvalue weighted by atomic mass is 32.1. The summed E-state index contributed by atoms with van der Waals surface area (Å²) in [5, 5.41) is 3.74. The van der Waals surface area contributed by atoms with Gasteiger partial charge in [0.05, 0.1) is 5.92 Å². The minimum Gasteiger partial charge on any atom is -0.369 e. The Morgan fingerprint density at radius 2 is 2.15 bits per heavy atom. The Hall–Kier alpha value is -1.69. The Balaban J connectivity index is 1.85. The zero-order chi connectivity index (χ0) is 14.5. The molecule has 1 aliphatic rings. The minimum absolute atomic E-state index is 0.130. The maximum Gasteiger partial charge on any atom is 0.222 e. The number of thiocarbonyl (C=S) groups is 1. The first-order valence-electron chi connectivity index (χ1n) is 6.63. The first-order valence-corrected chi connectivity index (χ1v) is 7.03. The summed E-state index contributed by atoms with van der Waals surface area (Å²) in [7, 11) is 0. The lowest BCUT2D eigenvalue weighted by Crippen LogP contribution is -2.47. The van der Waals surface area contributed by atoms with Crippen molar-refractivity contribution in [2.45, 2.75) is 19.4 Å². The van der Waals surface area contributed by atoms with Gasteiger partial charge in [0.25, 0.3) is 0 Å². The van der Waals surface area contributed by atoms with Crippen LogP contribution in [0.15, 0.2) is 24.3 Å². The summed E-state index contributed by atoms with van der Waals surface area (Å²) in [5.41, 5.74) is 6.30. The van der Waals surface area contributed by atoms with Gasteiger partial charge < -0.3 is 16.0 Å². The summed E-state index contributed by atoms with van der Waals surface area (Å²) >= 11 is 5.33. The first-order chi connectivity index (χ1) is 9.56. The van der Waals surface area contributed by atoms with Crippen LogP contribution in [0.3, 0.4) is 0 Å². The van der Waals surface area contributed by atoms with Crippen LogP contribution in [0, 0.1) is 11.7 Å². The predicted molar refractivity (Wildman–Crippen MR) is 79.3 cm³/mol. The summed E-state index contributed by atoms with van der Waals surface area (Å²) < 4.78 is 12.8. The molecule has 0 aliphatic carbocycles. The van der Waals surface area contributed by atoms with E-state index in [0.29, 0.717) is 18.2 Å². The highest BCUT2D eigenvalue weighted by molar-refractivity contribution is 7.80. The van der Waals surface area contributed by atoms with E-state index < -0.39 is 0 Å². The molecule has 0 aromatic heterocycles. The van der Waals surface area contributed by atoms with Crippen molar-refractivity contribution in [3.8, 4) is 0 Å². The topological polar surface area (TPSA) is 58.4 Å². The molecule has 0 saturated carbocycles. The number of carbonyl (C=O) groups is 1. The summed E-state index contributed by atoms with van der Waals surface area (Å²) in [6, 6.07) is 6.27. The van der Waals surface area contributed by atoms with Crippen molar-refractivity contribution < 1.29 is 9.18 Å². The van der Waals surface area contributed by atoms with Gasteiger partial charge in [-0.3, -0.25) is 4.79 Å². The molecule has 2 rings (SSSR count). The van der Waals surface area contributed by atoms with Gasteiger partial charge in [-0.2, -0.15) is 0 Å². The zero-order valence-corrected chi connectivity index (χ0v) is 12.0. The van der Waals surface area contributed by atoms with Crippen molar-refractivity contribution >= 4 is 23.2 Å². The second-order valence-electron chi connectivity index (χ2n) is 4.97. The number of hydrogen-bond acceptors (Lipinski definition) is 2. The van der Waals surface area contributed by atoms with Gasteiger partial charge in [-0.25, -0.2) is 4.39 Å². The number of benzene rings is 1. The number of likely N-dealkylation sites (tertiary alicyclic amines) is 1. The van der Waals surface area contributed by atoms with Crippen LogP contribution in [0.5, 0.6) is 0 Å². The minimum atomic E-state index is -0.268. The number of piperidine rings is 1. The number of hydrogen-bond donors (Lipinski definition) is 2. The molecule has 0 unspecified atom stereocenters. The van der Waals surface area contributed by atoms with Gasteiger partial charge in [-0.05, 0) is 42.8 Å². The van der Waals surface area contributed by atoms with E-state index in [2.05, 4.69) is 5.32 Å². The number of nitrogens with two attached hydrogens (primary N) is 1. The lowest BCUT2D eigenvalue weighted by Gasteiger charge is -2.33. The smallest absolute Gasteiger partial charge is 0.222 e. The van der Waals surface area contributed by atoms with Crippen LogP contribution < -0.4 is 11.1 Å². The zero-order valence-electron chi connectivity index (χ0n) is 11.1. The molecule has 0 bridgehead atoms. The van der Waals surface area contributed by atoms with Crippen LogP contribution >= 0.6 is 12.2 Å². The van der Waals surface area contributed by atoms with Gasteiger partial charge in [-0.15, -0.1) is 0 Å². The SMILES string of the molecule is NC(=O)[C@@H]1CCCN(C(=S)NCc2ccc(F)cc2)C1. The summed E-state index contributed by atoms with van der Waals surface area (Å²) in [5.74, 6) is -0.651. The molecular formula is C14H18FN3OS. The van der Waals surface area contributed by atoms with Crippen molar-refractivity contribution in [3.05, 3.63) is 35.6 Å². The Bertz CT molecular complexity index is 492. The van der Waals surface area contributed by atoms with Crippen molar-refractivity contribution in [2.75, 3.05) is 13.1 Å². The highest BCUT2D eigenvalue weighted by Gasteiger charge is 2.25. The summed E-state index contributed by atoms with van der Waals surface area (Å²) in [6.07, 6.45) is 1.73. The number of halogens is 1. The van der Waals surface area contributed by atoms with Crippen molar-refractivity contribution in [1.29, 1.82) is 0 Å². The molecule has 0 radical (unpaired) electrons. The van der Waals surface area contributed by atoms with Crippen LogP contribution in [0.4, 0.5) is 4.39 Å². The summed E-state index contributed by atoms with van der Waals surface area (Å²) in [6.45, 7) is 1.94. The Labute approximate surface area is 123 Å². The average molecular weight is 295 g/mol. The van der Waals surface area contributed by atoms with E-state index in [1.165, 1.54) is 12.1 Å². The van der Waals surface area contributed by atoms with E-state index in [1.807, 2.05) is 4.90 Å². The number of nitrogens with one attached hydrogen (secondary N) is 1. The van der Waals surface area contributed by atoms with Crippen molar-refractivity contribution in [1.82, 2.24) is 10.2 Å². The van der Waals surface area contributed by atoms with Gasteiger partial charge >= 0.3 is 0 Å². The third kappa shape index (κ3) is 3.90. The van der Waals surface area contributed by atoms with E-state index >= 15 is 0 Å². The molecule has 1 fully saturated rings. The molecule has 1 amide bonds. The quantitative estimate of drug-likeness (QED) is 0.828. The van der Waals surface area contributed by atoms with Crippen LogP contribution in [0.1, 0.15) is 18.4 Å². The molecule has 1 aliphatic heterocycles. The molecular weight excluding hydrogens is 277 g/mol. The first kappa shape index (κ1) is 14.7. The number of primary amides is 1. The number of rotatable bonds is 3. The molecule has 1 aromatic carbocycles. The third-order valence-corrected chi connectivity index (χ3v) is 3.87. The molecule has 0 spiro atoms. The average Bonchev–Trinajstić information content (AvgIpc) is 2.46. The number of amides is 1. The normalized spacial score (nSPS) is 18.6. The van der Waals surface area contributed by atoms with Gasteiger partial charge in [0.15, 0.2) is 5.11 Å². The van der Waals surface area contributed by atoms with Crippen molar-refractivity contribution in [2.24, 2.45) is 11.7 Å². The lowest BCUT2D eigenvalue weighted by atomic mass is 9.98. The number of carbonyl (C=O) groups excluding carboxylic acids is 1. The molecule has 6 heteroatoms. The van der Waals surface area contributed by atoms with E-state index in [0.717, 1.165) is 24.9 Å². The van der Waals surface area contributed by atoms with Crippen molar-refractivity contribution in [3.63, 3.8) is 0 Å². The van der Waals surface area contributed by atoms with Crippen LogP contribution in [0.25, 0.3) is 0 Å². The van der Waals surface area contributed by atoms with E-state index in [9.17, 15) is 9.18 Å². The molecule has 3 N–H and O–H groups in total. The molecule has 4 nitrogen and oxygen atoms in total. The fourth-order valence-corrected chi connectivity index (χ4v) is 2.52. The largest absolute Gasteiger partial charge is 0.369 e. The molecule has 1 atom stereocenters. The van der Waals surface area contributed by atoms with E-state index in [1.54, 1.807) is 12.1 Å².